The van der Waals surface area contributed by atoms with E-state index in [2.05, 4.69) is 26.6 Å². The quantitative estimate of drug-likeness (QED) is 0.301. The van der Waals surface area contributed by atoms with Crippen molar-refractivity contribution in [1.82, 2.24) is 10.2 Å². The summed E-state index contributed by atoms with van der Waals surface area (Å²) < 4.78 is 11.7. The number of alkyl carbamates (subject to hydrolysis) is 1. The Hall–Kier alpha value is -3.40. The topological polar surface area (TPSA) is 114 Å². The molecule has 0 spiro atoms. The Morgan fingerprint density at radius 2 is 1.50 bits per heavy atom. The number of hydrogen-bond donors (Lipinski definition) is 2. The van der Waals surface area contributed by atoms with Gasteiger partial charge in [0.1, 0.15) is 17.2 Å². The van der Waals surface area contributed by atoms with Crippen LogP contribution in [0, 0.1) is 11.8 Å². The van der Waals surface area contributed by atoms with Crippen LogP contribution in [0.3, 0.4) is 0 Å². The van der Waals surface area contributed by atoms with E-state index in [0.717, 1.165) is 28.4 Å². The van der Waals surface area contributed by atoms with Crippen LogP contribution in [0.4, 0.5) is 10.5 Å². The van der Waals surface area contributed by atoms with E-state index in [-0.39, 0.29) is 23.7 Å². The van der Waals surface area contributed by atoms with Gasteiger partial charge in [-0.05, 0) is 135 Å². The van der Waals surface area contributed by atoms with Crippen molar-refractivity contribution in [3.63, 3.8) is 0 Å². The molecule has 1 fully saturated rings. The maximum atomic E-state index is 14.4. The van der Waals surface area contributed by atoms with Crippen molar-refractivity contribution in [2.45, 2.75) is 110 Å². The van der Waals surface area contributed by atoms with Gasteiger partial charge in [-0.2, -0.15) is 0 Å². The highest BCUT2D eigenvalue weighted by atomic mass is 79.9. The number of anilines is 1. The number of rotatable bonds is 6. The van der Waals surface area contributed by atoms with Crippen molar-refractivity contribution < 1.29 is 28.7 Å². The van der Waals surface area contributed by atoms with Gasteiger partial charge in [0.2, 0.25) is 5.91 Å². The first-order valence-corrected chi connectivity index (χ1v) is 16.9. The lowest BCUT2D eigenvalue weighted by Crippen LogP contribution is -2.58. The van der Waals surface area contributed by atoms with Gasteiger partial charge in [0.05, 0.1) is 5.56 Å². The van der Waals surface area contributed by atoms with Crippen molar-refractivity contribution >= 4 is 45.5 Å². The zero-order valence-electron chi connectivity index (χ0n) is 28.3. The number of hydrogen-bond acceptors (Lipinski definition) is 6. The standard InChI is InChI=1S/C36H48BrN3O6/c1-34(2,3)45-32(43)24-16-18-25(19-17-24)39-30(41)29-26-10-9-11-28(37)27(26)20-36(7,8)40(29)31(42)23-14-12-22(13-15-23)21-38-33(44)46-35(4,5)6/h9-11,16-19,22-23,29H,12-15,20-21H2,1-8H3,(H,38,44)(H,39,41)/t22-,23-,29?. The number of carbonyl (C=O) groups excluding carboxylic acids is 4. The number of amides is 3. The summed E-state index contributed by atoms with van der Waals surface area (Å²) in [5, 5.41) is 5.88. The van der Waals surface area contributed by atoms with Gasteiger partial charge in [-0.15, -0.1) is 0 Å². The lowest BCUT2D eigenvalue weighted by molar-refractivity contribution is -0.151. The first kappa shape index (κ1) is 35.5. The van der Waals surface area contributed by atoms with Crippen LogP contribution in [0.15, 0.2) is 46.9 Å². The number of benzene rings is 2. The highest BCUT2D eigenvalue weighted by molar-refractivity contribution is 9.10. The lowest BCUT2D eigenvalue weighted by atomic mass is 9.77. The lowest BCUT2D eigenvalue weighted by Gasteiger charge is -2.49. The highest BCUT2D eigenvalue weighted by Crippen LogP contribution is 2.44. The molecule has 1 unspecified atom stereocenters. The van der Waals surface area contributed by atoms with Gasteiger partial charge in [0.15, 0.2) is 0 Å². The molecule has 1 heterocycles. The van der Waals surface area contributed by atoms with Crippen molar-refractivity contribution in [3.05, 3.63) is 63.6 Å². The third kappa shape index (κ3) is 8.90. The largest absolute Gasteiger partial charge is 0.456 e. The number of nitrogens with zero attached hydrogens (tertiary/aromatic N) is 1. The molecule has 3 amide bonds. The fourth-order valence-electron chi connectivity index (χ4n) is 6.30. The van der Waals surface area contributed by atoms with Crippen molar-refractivity contribution in [2.75, 3.05) is 11.9 Å². The van der Waals surface area contributed by atoms with Gasteiger partial charge in [-0.1, -0.05) is 28.1 Å². The van der Waals surface area contributed by atoms with E-state index in [0.29, 0.717) is 37.1 Å². The summed E-state index contributed by atoms with van der Waals surface area (Å²) in [5.74, 6) is -0.764. The Kier molecular flexibility index (Phi) is 10.6. The third-order valence-electron chi connectivity index (χ3n) is 8.37. The fraction of sp³-hybridized carbons (Fsp3) is 0.556. The van der Waals surface area contributed by atoms with E-state index in [4.69, 9.17) is 9.47 Å². The molecule has 1 saturated carbocycles. The summed E-state index contributed by atoms with van der Waals surface area (Å²) >= 11 is 3.68. The highest BCUT2D eigenvalue weighted by Gasteiger charge is 2.48. The summed E-state index contributed by atoms with van der Waals surface area (Å²) in [6, 6.07) is 11.5. The molecule has 1 atom stereocenters. The average molecular weight is 699 g/mol. The van der Waals surface area contributed by atoms with Gasteiger partial charge in [-0.3, -0.25) is 9.59 Å². The SMILES string of the molecule is CC(C)(C)OC(=O)NC[C@H]1CC[C@H](C(=O)N2C(C(=O)Nc3ccc(C(=O)OC(C)(C)C)cc3)c3cccc(Br)c3CC2(C)C)CC1. The average Bonchev–Trinajstić information content (AvgIpc) is 2.94. The Morgan fingerprint density at radius 1 is 0.891 bits per heavy atom. The zero-order chi connectivity index (χ0) is 34.0. The van der Waals surface area contributed by atoms with Crippen LogP contribution in [0.5, 0.6) is 0 Å². The second kappa shape index (κ2) is 13.8. The number of nitrogens with one attached hydrogen (secondary N) is 2. The molecular formula is C36H48BrN3O6. The van der Waals surface area contributed by atoms with E-state index < -0.39 is 34.8 Å². The minimum atomic E-state index is -0.846. The van der Waals surface area contributed by atoms with E-state index >= 15 is 0 Å². The number of carbonyl (C=O) groups is 4. The summed E-state index contributed by atoms with van der Waals surface area (Å²) in [7, 11) is 0. The first-order chi connectivity index (χ1) is 21.3. The molecule has 1 aliphatic heterocycles. The monoisotopic (exact) mass is 697 g/mol. The van der Waals surface area contributed by atoms with Crippen molar-refractivity contribution in [3.8, 4) is 0 Å². The molecule has 4 rings (SSSR count). The van der Waals surface area contributed by atoms with Crippen LogP contribution >= 0.6 is 15.9 Å². The molecule has 250 valence electrons. The Balaban J connectivity index is 1.52. The van der Waals surface area contributed by atoms with Gasteiger partial charge < -0.3 is 25.0 Å². The fourth-order valence-corrected chi connectivity index (χ4v) is 6.82. The number of fused-ring (bicyclic) bond motifs is 1. The molecule has 2 aromatic carbocycles. The predicted molar refractivity (Wildman–Crippen MR) is 181 cm³/mol. The summed E-state index contributed by atoms with van der Waals surface area (Å²) in [6.45, 7) is 15.5. The van der Waals surface area contributed by atoms with Crippen molar-refractivity contribution in [2.24, 2.45) is 11.8 Å². The molecule has 0 radical (unpaired) electrons. The zero-order valence-corrected chi connectivity index (χ0v) is 29.9. The smallest absolute Gasteiger partial charge is 0.407 e. The molecule has 9 nitrogen and oxygen atoms in total. The Bertz CT molecular complexity index is 1450. The van der Waals surface area contributed by atoms with Crippen molar-refractivity contribution in [1.29, 1.82) is 0 Å². The molecule has 2 N–H and O–H groups in total. The van der Waals surface area contributed by atoms with Crippen LogP contribution < -0.4 is 10.6 Å². The van der Waals surface area contributed by atoms with Crippen LogP contribution in [-0.4, -0.2) is 52.1 Å². The van der Waals surface area contributed by atoms with E-state index in [1.807, 2.05) is 73.6 Å². The number of esters is 1. The Labute approximate surface area is 281 Å². The normalized spacial score (nSPS) is 21.1. The maximum absolute atomic E-state index is 14.4. The molecule has 10 heteroatoms. The number of ether oxygens (including phenoxy) is 2. The third-order valence-corrected chi connectivity index (χ3v) is 9.12. The number of halogens is 1. The molecule has 0 aromatic heterocycles. The summed E-state index contributed by atoms with van der Waals surface area (Å²) in [5.41, 5.74) is 0.888. The van der Waals surface area contributed by atoms with E-state index in [9.17, 15) is 19.2 Å². The minimum absolute atomic E-state index is 0.0328. The van der Waals surface area contributed by atoms with E-state index in [1.165, 1.54) is 0 Å². The second-order valence-electron chi connectivity index (χ2n) is 15.1. The van der Waals surface area contributed by atoms with Gasteiger partial charge >= 0.3 is 12.1 Å². The van der Waals surface area contributed by atoms with Crippen LogP contribution in [-0.2, 0) is 25.5 Å². The minimum Gasteiger partial charge on any atom is -0.456 e. The molecule has 1 aliphatic carbocycles. The van der Waals surface area contributed by atoms with Gasteiger partial charge in [0.25, 0.3) is 5.91 Å². The van der Waals surface area contributed by atoms with Gasteiger partial charge in [0, 0.05) is 28.2 Å². The molecule has 2 aromatic rings. The second-order valence-corrected chi connectivity index (χ2v) is 15.9. The molecule has 2 aliphatic rings. The summed E-state index contributed by atoms with van der Waals surface area (Å²) in [4.78, 5) is 55.0. The maximum Gasteiger partial charge on any atom is 0.407 e. The predicted octanol–water partition coefficient (Wildman–Crippen LogP) is 7.58. The van der Waals surface area contributed by atoms with Crippen LogP contribution in [0.25, 0.3) is 0 Å². The summed E-state index contributed by atoms with van der Waals surface area (Å²) in [6.07, 6.45) is 3.11. The first-order valence-electron chi connectivity index (χ1n) is 16.1. The van der Waals surface area contributed by atoms with E-state index in [1.54, 1.807) is 29.2 Å². The molecule has 0 bridgehead atoms. The van der Waals surface area contributed by atoms with Crippen LogP contribution in [0.1, 0.15) is 109 Å². The molecule has 0 saturated heterocycles. The molecular weight excluding hydrogens is 650 g/mol. The van der Waals surface area contributed by atoms with Gasteiger partial charge in [-0.25, -0.2) is 9.59 Å². The Morgan fingerprint density at radius 3 is 2.09 bits per heavy atom. The molecule has 46 heavy (non-hydrogen) atoms. The van der Waals surface area contributed by atoms with Crippen LogP contribution in [0.2, 0.25) is 0 Å².